The third-order valence-electron chi connectivity index (χ3n) is 4.20. The number of unbranched alkanes of at least 4 members (excludes halogenated alkanes) is 2. The van der Waals surface area contributed by atoms with Crippen molar-refractivity contribution in [1.82, 2.24) is 0 Å². The molecule has 0 atom stereocenters. The van der Waals surface area contributed by atoms with Crippen LogP contribution in [-0.4, -0.2) is 52.3 Å². The van der Waals surface area contributed by atoms with Crippen molar-refractivity contribution in [3.8, 4) is 0 Å². The smallest absolute Gasteiger partial charge is 0.416 e. The van der Waals surface area contributed by atoms with E-state index in [1.54, 1.807) is 0 Å². The van der Waals surface area contributed by atoms with E-state index in [1.165, 1.54) is 37.9 Å². The lowest BCUT2D eigenvalue weighted by Gasteiger charge is -2.16. The second kappa shape index (κ2) is 14.1. The van der Waals surface area contributed by atoms with Gasteiger partial charge in [0.25, 0.3) is 5.95 Å². The number of allylic oxidation sites excluding steroid dienone is 8. The molecular formula is C22H28F3NO6S2. The summed E-state index contributed by atoms with van der Waals surface area (Å²) in [4.78, 5) is 15.9. The lowest BCUT2D eigenvalue weighted by molar-refractivity contribution is -0.108. The molecule has 0 N–H and O–H groups in total. The number of aldehydes is 1. The Kier molecular flexibility index (Phi) is 12.2. The van der Waals surface area contributed by atoms with Gasteiger partial charge in [-0.3, -0.25) is 9.79 Å². The van der Waals surface area contributed by atoms with Crippen molar-refractivity contribution in [2.24, 2.45) is 4.99 Å². The molecule has 0 aromatic carbocycles. The standard InChI is InChI=1S/C22H28F3NO6S2/c1-5-21(32-34(4,28)29)31-15-18(14-27)30-11-7-6-8-12-33-16(2)19-10-9-17(22(23,24)25)13-20(19)26-3/h5,9-10,13-15H,6-8,11-12H2,1-4H3/b18-15+,19-16+,21-5+,26-20?. The average molecular weight is 524 g/mol. The fourth-order valence-corrected chi connectivity index (χ4v) is 3.98. The summed E-state index contributed by atoms with van der Waals surface area (Å²) in [6, 6.07) is 0. The van der Waals surface area contributed by atoms with Crippen LogP contribution in [0, 0.1) is 0 Å². The van der Waals surface area contributed by atoms with Crippen molar-refractivity contribution in [1.29, 1.82) is 0 Å². The van der Waals surface area contributed by atoms with Gasteiger partial charge in [-0.05, 0) is 62.0 Å². The minimum Gasteiger partial charge on any atom is -0.487 e. The molecule has 1 aliphatic rings. The Balaban J connectivity index is 2.43. The molecule has 0 fully saturated rings. The first-order valence-electron chi connectivity index (χ1n) is 10.2. The Morgan fingerprint density at radius 3 is 2.47 bits per heavy atom. The quantitative estimate of drug-likeness (QED) is 0.108. The van der Waals surface area contributed by atoms with Crippen LogP contribution in [0.5, 0.6) is 0 Å². The summed E-state index contributed by atoms with van der Waals surface area (Å²) in [5.74, 6) is 0.331. The highest BCUT2D eigenvalue weighted by Crippen LogP contribution is 2.32. The molecule has 0 spiro atoms. The van der Waals surface area contributed by atoms with Crippen molar-refractivity contribution in [2.75, 3.05) is 25.7 Å². The Labute approximate surface area is 202 Å². The van der Waals surface area contributed by atoms with E-state index in [9.17, 15) is 26.4 Å². The van der Waals surface area contributed by atoms with Crippen LogP contribution in [0.3, 0.4) is 0 Å². The summed E-state index contributed by atoms with van der Waals surface area (Å²) in [7, 11) is -2.30. The van der Waals surface area contributed by atoms with Crippen molar-refractivity contribution in [3.05, 3.63) is 58.3 Å². The first-order valence-corrected chi connectivity index (χ1v) is 13.0. The molecule has 0 aromatic heterocycles. The lowest BCUT2D eigenvalue weighted by atomic mass is 9.99. The summed E-state index contributed by atoms with van der Waals surface area (Å²) >= 11 is 1.54. The number of ether oxygens (including phenoxy) is 2. The van der Waals surface area contributed by atoms with Crippen LogP contribution < -0.4 is 0 Å². The third kappa shape index (κ3) is 11.1. The zero-order valence-electron chi connectivity index (χ0n) is 19.3. The molecule has 0 amide bonds. The Hall–Kier alpha value is -2.47. The van der Waals surface area contributed by atoms with Crippen molar-refractivity contribution in [3.63, 3.8) is 0 Å². The van der Waals surface area contributed by atoms with Gasteiger partial charge in [0.1, 0.15) is 6.26 Å². The van der Waals surface area contributed by atoms with Gasteiger partial charge < -0.3 is 13.7 Å². The first kappa shape index (κ1) is 29.6. The van der Waals surface area contributed by atoms with Crippen LogP contribution in [-0.2, 0) is 28.6 Å². The molecule has 0 radical (unpaired) electrons. The monoisotopic (exact) mass is 523 g/mol. The van der Waals surface area contributed by atoms with Crippen molar-refractivity contribution < 1.29 is 40.0 Å². The van der Waals surface area contributed by atoms with E-state index in [0.29, 0.717) is 24.0 Å². The number of hydrogen-bond donors (Lipinski definition) is 0. The SMILES string of the molecule is C/C=C(\O/C=C(\C=O)OCCCCCS/C(C)=C1\C=CC(C(F)(F)F)=CC1=NC)OS(C)(=O)=O. The minimum absolute atomic E-state index is 0.117. The number of alkyl halides is 3. The summed E-state index contributed by atoms with van der Waals surface area (Å²) in [5, 5.41) is 0. The van der Waals surface area contributed by atoms with Gasteiger partial charge in [0, 0.05) is 12.6 Å². The second-order valence-electron chi connectivity index (χ2n) is 6.92. The number of nitrogens with zero attached hydrogens (tertiary/aromatic N) is 1. The summed E-state index contributed by atoms with van der Waals surface area (Å²) in [6.07, 6.45) is 4.93. The zero-order valence-corrected chi connectivity index (χ0v) is 21.0. The van der Waals surface area contributed by atoms with Crippen LogP contribution in [0.15, 0.2) is 63.3 Å². The maximum Gasteiger partial charge on any atom is 0.416 e. The van der Waals surface area contributed by atoms with E-state index < -0.39 is 21.9 Å². The molecule has 12 heteroatoms. The maximum atomic E-state index is 12.9. The molecule has 0 saturated heterocycles. The van der Waals surface area contributed by atoms with E-state index >= 15 is 0 Å². The predicted octanol–water partition coefficient (Wildman–Crippen LogP) is 5.20. The van der Waals surface area contributed by atoms with Gasteiger partial charge in [-0.2, -0.15) is 21.6 Å². The third-order valence-corrected chi connectivity index (χ3v) is 5.81. The molecule has 1 rings (SSSR count). The maximum absolute atomic E-state index is 12.9. The Bertz CT molecular complexity index is 1010. The van der Waals surface area contributed by atoms with Gasteiger partial charge in [0.2, 0.25) is 0 Å². The van der Waals surface area contributed by atoms with E-state index in [0.717, 1.165) is 48.2 Å². The Morgan fingerprint density at radius 1 is 1.21 bits per heavy atom. The molecule has 7 nitrogen and oxygen atoms in total. The van der Waals surface area contributed by atoms with Gasteiger partial charge in [-0.1, -0.05) is 6.08 Å². The molecule has 0 aliphatic heterocycles. The van der Waals surface area contributed by atoms with E-state index in [1.807, 2.05) is 6.92 Å². The lowest BCUT2D eigenvalue weighted by Crippen LogP contribution is -2.15. The molecule has 0 saturated carbocycles. The number of rotatable bonds is 13. The van der Waals surface area contributed by atoms with Crippen LogP contribution >= 0.6 is 11.8 Å². The molecule has 0 aromatic rings. The molecule has 190 valence electrons. The van der Waals surface area contributed by atoms with E-state index in [2.05, 4.69) is 9.18 Å². The first-order chi connectivity index (χ1) is 15.9. The second-order valence-corrected chi connectivity index (χ2v) is 9.80. The van der Waals surface area contributed by atoms with Crippen LogP contribution in [0.2, 0.25) is 0 Å². The van der Waals surface area contributed by atoms with Gasteiger partial charge in [-0.25, -0.2) is 0 Å². The van der Waals surface area contributed by atoms with Gasteiger partial charge in [0.15, 0.2) is 12.0 Å². The van der Waals surface area contributed by atoms with E-state index in [4.69, 9.17) is 9.47 Å². The van der Waals surface area contributed by atoms with Crippen LogP contribution in [0.25, 0.3) is 0 Å². The van der Waals surface area contributed by atoms with Gasteiger partial charge in [-0.15, -0.1) is 11.8 Å². The molecule has 0 unspecified atom stereocenters. The largest absolute Gasteiger partial charge is 0.487 e. The minimum atomic E-state index is -4.41. The van der Waals surface area contributed by atoms with Crippen LogP contribution in [0.1, 0.15) is 33.1 Å². The molecule has 0 heterocycles. The molecule has 34 heavy (non-hydrogen) atoms. The van der Waals surface area contributed by atoms with Crippen molar-refractivity contribution >= 4 is 33.9 Å². The van der Waals surface area contributed by atoms with E-state index in [-0.39, 0.29) is 18.3 Å². The summed E-state index contributed by atoms with van der Waals surface area (Å²) in [5.41, 5.74) is 0.241. The number of carbonyl (C=O) groups is 1. The number of aliphatic imine (C=N–C) groups is 1. The highest BCUT2D eigenvalue weighted by atomic mass is 32.2. The van der Waals surface area contributed by atoms with Crippen LogP contribution in [0.4, 0.5) is 13.2 Å². The molecule has 0 bridgehead atoms. The fourth-order valence-electron chi connectivity index (χ4n) is 2.56. The number of hydrogen-bond acceptors (Lipinski definition) is 8. The normalized spacial score (nSPS) is 18.0. The fraction of sp³-hybridized carbons (Fsp3) is 0.455. The topological polar surface area (TPSA) is 91.3 Å². The van der Waals surface area contributed by atoms with Gasteiger partial charge >= 0.3 is 16.3 Å². The summed E-state index contributed by atoms with van der Waals surface area (Å²) in [6.45, 7) is 3.60. The summed E-state index contributed by atoms with van der Waals surface area (Å²) < 4.78 is 75.7. The Morgan fingerprint density at radius 2 is 1.91 bits per heavy atom. The molecular weight excluding hydrogens is 495 g/mol. The zero-order chi connectivity index (χ0) is 25.8. The number of carbonyl (C=O) groups excluding carboxylic acids is 1. The predicted molar refractivity (Wildman–Crippen MR) is 127 cm³/mol. The van der Waals surface area contributed by atoms with Crippen molar-refractivity contribution in [2.45, 2.75) is 39.3 Å². The average Bonchev–Trinajstić information content (AvgIpc) is 2.77. The molecule has 1 aliphatic carbocycles. The van der Waals surface area contributed by atoms with Gasteiger partial charge in [0.05, 0.1) is 24.1 Å². The number of halogens is 3. The highest BCUT2D eigenvalue weighted by molar-refractivity contribution is 8.03. The number of thioether (sulfide) groups is 1. The highest BCUT2D eigenvalue weighted by Gasteiger charge is 2.33.